The average Bonchev–Trinajstić information content (AvgIpc) is 2.61. The molecule has 1 aliphatic heterocycles. The molecule has 0 aromatic rings. The number of hydrogen-bond donors (Lipinski definition) is 0. The summed E-state index contributed by atoms with van der Waals surface area (Å²) in [5.41, 5.74) is 0. The van der Waals surface area contributed by atoms with E-state index in [1.54, 1.807) is 0 Å². The molecule has 0 spiro atoms. The normalized spacial score (nSPS) is 40.5. The molecule has 5 heteroatoms. The van der Waals surface area contributed by atoms with Gasteiger partial charge in [0.15, 0.2) is 0 Å². The van der Waals surface area contributed by atoms with Gasteiger partial charge in [-0.15, -0.1) is 0 Å². The van der Waals surface area contributed by atoms with Gasteiger partial charge in [-0.3, -0.25) is 10.1 Å². The van der Waals surface area contributed by atoms with Crippen LogP contribution in [0.15, 0.2) is 0 Å². The molecule has 1 saturated carbocycles. The fraction of sp³-hybridized carbons (Fsp3) is 1.00. The predicted molar refractivity (Wildman–Crippen MR) is 53.0 cm³/mol. The first-order valence-corrected chi connectivity index (χ1v) is 5.46. The third-order valence-corrected chi connectivity index (χ3v) is 3.58. The lowest BCUT2D eigenvalue weighted by Gasteiger charge is -2.33. The third-order valence-electron chi connectivity index (χ3n) is 3.58. The Kier molecular flexibility index (Phi) is 2.93. The molecule has 86 valence electrons. The summed E-state index contributed by atoms with van der Waals surface area (Å²) in [6.07, 6.45) is 1.28. The first-order valence-electron chi connectivity index (χ1n) is 5.46. The maximum Gasteiger partial charge on any atom is 0.218 e. The summed E-state index contributed by atoms with van der Waals surface area (Å²) in [4.78, 5) is 10.8. The van der Waals surface area contributed by atoms with Gasteiger partial charge in [0.05, 0.1) is 12.2 Å². The van der Waals surface area contributed by atoms with E-state index in [-0.39, 0.29) is 23.0 Å². The summed E-state index contributed by atoms with van der Waals surface area (Å²) in [5, 5.41) is 11.0. The van der Waals surface area contributed by atoms with Crippen molar-refractivity contribution in [2.75, 3.05) is 6.79 Å². The molecule has 0 bridgehead atoms. The molecule has 1 saturated heterocycles. The van der Waals surface area contributed by atoms with Crippen molar-refractivity contribution in [3.63, 3.8) is 0 Å². The van der Waals surface area contributed by atoms with Gasteiger partial charge in [0.2, 0.25) is 6.04 Å². The van der Waals surface area contributed by atoms with Gasteiger partial charge in [-0.2, -0.15) is 0 Å². The van der Waals surface area contributed by atoms with Gasteiger partial charge < -0.3 is 9.47 Å². The van der Waals surface area contributed by atoms with Gasteiger partial charge in [0.25, 0.3) is 0 Å². The van der Waals surface area contributed by atoms with E-state index in [9.17, 15) is 10.1 Å². The van der Waals surface area contributed by atoms with Crippen LogP contribution < -0.4 is 0 Å². The Labute approximate surface area is 88.9 Å². The van der Waals surface area contributed by atoms with E-state index in [2.05, 4.69) is 0 Å². The van der Waals surface area contributed by atoms with E-state index in [1.165, 1.54) is 0 Å². The van der Waals surface area contributed by atoms with Crippen LogP contribution in [-0.2, 0) is 9.47 Å². The lowest BCUT2D eigenvalue weighted by atomic mass is 9.75. The molecule has 0 N–H and O–H groups in total. The summed E-state index contributed by atoms with van der Waals surface area (Å²) in [6.45, 7) is 4.37. The molecule has 0 amide bonds. The standard InChI is InChI=1S/C10H17NO4/c1-6(2)7-3-9-10(15-5-14-9)4-8(7)11(12)13/h6-10H,3-5H2,1-2H3. The Balaban J connectivity index is 2.11. The van der Waals surface area contributed by atoms with Crippen LogP contribution in [0.25, 0.3) is 0 Å². The topological polar surface area (TPSA) is 61.6 Å². The summed E-state index contributed by atoms with van der Waals surface area (Å²) in [6, 6.07) is -0.465. The highest BCUT2D eigenvalue weighted by atomic mass is 16.7. The highest BCUT2D eigenvalue weighted by Gasteiger charge is 2.47. The van der Waals surface area contributed by atoms with Crippen LogP contribution in [0.5, 0.6) is 0 Å². The van der Waals surface area contributed by atoms with Crippen molar-refractivity contribution < 1.29 is 14.4 Å². The molecule has 15 heavy (non-hydrogen) atoms. The molecule has 2 aliphatic rings. The molecule has 2 rings (SSSR count). The maximum atomic E-state index is 11.0. The largest absolute Gasteiger partial charge is 0.349 e. The fourth-order valence-corrected chi connectivity index (χ4v) is 2.67. The van der Waals surface area contributed by atoms with Gasteiger partial charge in [-0.1, -0.05) is 13.8 Å². The average molecular weight is 215 g/mol. The van der Waals surface area contributed by atoms with Crippen molar-refractivity contribution in [3.8, 4) is 0 Å². The van der Waals surface area contributed by atoms with Gasteiger partial charge >= 0.3 is 0 Å². The van der Waals surface area contributed by atoms with E-state index in [4.69, 9.17) is 9.47 Å². The van der Waals surface area contributed by atoms with E-state index in [0.29, 0.717) is 19.1 Å². The predicted octanol–water partition coefficient (Wildman–Crippen LogP) is 1.44. The van der Waals surface area contributed by atoms with Crippen LogP contribution >= 0.6 is 0 Å². The van der Waals surface area contributed by atoms with Crippen LogP contribution in [0.2, 0.25) is 0 Å². The van der Waals surface area contributed by atoms with Crippen molar-refractivity contribution in [2.45, 2.75) is 44.9 Å². The Hall–Kier alpha value is -0.680. The Morgan fingerprint density at radius 1 is 1.27 bits per heavy atom. The number of nitro groups is 1. The summed E-state index contributed by atoms with van der Waals surface area (Å²) in [5.74, 6) is 0.438. The zero-order chi connectivity index (χ0) is 11.0. The molecule has 5 nitrogen and oxygen atoms in total. The third kappa shape index (κ3) is 1.99. The molecule has 0 aromatic carbocycles. The molecular weight excluding hydrogens is 198 g/mol. The molecule has 4 atom stereocenters. The van der Waals surface area contributed by atoms with Crippen molar-refractivity contribution in [1.82, 2.24) is 0 Å². The van der Waals surface area contributed by atoms with Crippen LogP contribution in [0.3, 0.4) is 0 Å². The second-order valence-corrected chi connectivity index (χ2v) is 4.76. The lowest BCUT2D eigenvalue weighted by Crippen LogP contribution is -2.45. The SMILES string of the molecule is CC(C)C1CC2OCOC2CC1[N+](=O)[O-]. The van der Waals surface area contributed by atoms with Crippen LogP contribution in [0, 0.1) is 22.0 Å². The van der Waals surface area contributed by atoms with E-state index < -0.39 is 6.04 Å². The van der Waals surface area contributed by atoms with Gasteiger partial charge in [0, 0.05) is 17.3 Å². The Morgan fingerprint density at radius 2 is 1.87 bits per heavy atom. The quantitative estimate of drug-likeness (QED) is 0.516. The van der Waals surface area contributed by atoms with Crippen LogP contribution in [-0.4, -0.2) is 30.0 Å². The van der Waals surface area contributed by atoms with Crippen LogP contribution in [0.4, 0.5) is 0 Å². The van der Waals surface area contributed by atoms with Gasteiger partial charge in [-0.05, 0) is 12.3 Å². The van der Waals surface area contributed by atoms with Gasteiger partial charge in [-0.25, -0.2) is 0 Å². The molecule has 0 aromatic heterocycles. The molecule has 4 unspecified atom stereocenters. The zero-order valence-electron chi connectivity index (χ0n) is 9.09. The van der Waals surface area contributed by atoms with E-state index >= 15 is 0 Å². The number of fused-ring (bicyclic) bond motifs is 1. The van der Waals surface area contributed by atoms with Gasteiger partial charge in [0.1, 0.15) is 6.79 Å². The van der Waals surface area contributed by atoms with Crippen molar-refractivity contribution in [2.24, 2.45) is 11.8 Å². The second-order valence-electron chi connectivity index (χ2n) is 4.76. The lowest BCUT2D eigenvalue weighted by molar-refractivity contribution is -0.540. The van der Waals surface area contributed by atoms with E-state index in [0.717, 1.165) is 6.42 Å². The molecular formula is C10H17NO4. The Morgan fingerprint density at radius 3 is 2.40 bits per heavy atom. The highest BCUT2D eigenvalue weighted by molar-refractivity contribution is 4.90. The molecule has 1 heterocycles. The Bertz CT molecular complexity index is 256. The first-order chi connectivity index (χ1) is 7.09. The van der Waals surface area contributed by atoms with Crippen molar-refractivity contribution in [3.05, 3.63) is 10.1 Å². The monoisotopic (exact) mass is 215 g/mol. The summed E-state index contributed by atoms with van der Waals surface area (Å²) < 4.78 is 10.8. The number of ether oxygens (including phenoxy) is 2. The highest BCUT2D eigenvalue weighted by Crippen LogP contribution is 2.37. The number of hydrogen-bond acceptors (Lipinski definition) is 4. The molecule has 1 aliphatic carbocycles. The minimum atomic E-state index is -0.465. The minimum Gasteiger partial charge on any atom is -0.349 e. The molecule has 2 fully saturated rings. The van der Waals surface area contributed by atoms with E-state index in [1.807, 2.05) is 13.8 Å². The smallest absolute Gasteiger partial charge is 0.218 e. The molecule has 0 radical (unpaired) electrons. The van der Waals surface area contributed by atoms with Crippen molar-refractivity contribution in [1.29, 1.82) is 0 Å². The second kappa shape index (κ2) is 4.06. The summed E-state index contributed by atoms with van der Waals surface area (Å²) in [7, 11) is 0. The number of nitrogens with zero attached hydrogens (tertiary/aromatic N) is 1. The number of rotatable bonds is 2. The van der Waals surface area contributed by atoms with Crippen LogP contribution in [0.1, 0.15) is 26.7 Å². The first kappa shape index (κ1) is 10.8. The maximum absolute atomic E-state index is 11.0. The van der Waals surface area contributed by atoms with Crippen molar-refractivity contribution >= 4 is 0 Å². The zero-order valence-corrected chi connectivity index (χ0v) is 9.09. The summed E-state index contributed by atoms with van der Waals surface area (Å²) >= 11 is 0. The minimum absolute atomic E-state index is 0.0598. The fourth-order valence-electron chi connectivity index (χ4n) is 2.67.